The molecule has 136 valence electrons. The van der Waals surface area contributed by atoms with Gasteiger partial charge in [0.05, 0.1) is 15.6 Å². The summed E-state index contributed by atoms with van der Waals surface area (Å²) >= 11 is 6.06. The van der Waals surface area contributed by atoms with Gasteiger partial charge in [-0.25, -0.2) is 0 Å². The van der Waals surface area contributed by atoms with E-state index in [1.54, 1.807) is 42.7 Å². The van der Waals surface area contributed by atoms with Gasteiger partial charge < -0.3 is 10.6 Å². The summed E-state index contributed by atoms with van der Waals surface area (Å²) in [6, 6.07) is 14.8. The molecule has 1 heterocycles. The SMILES string of the molecule is O=C(Nc1ccncc1)c1ccc(CNc2ccc([N+](=O)[O-])cc2Cl)cc1. The molecular formula is C19H15ClN4O3. The van der Waals surface area contributed by atoms with Crippen molar-refractivity contribution >= 4 is 34.6 Å². The minimum atomic E-state index is -0.495. The molecule has 1 amide bonds. The summed E-state index contributed by atoms with van der Waals surface area (Å²) in [4.78, 5) is 26.4. The molecule has 0 saturated carbocycles. The zero-order valence-corrected chi connectivity index (χ0v) is 14.8. The number of amides is 1. The minimum Gasteiger partial charge on any atom is -0.380 e. The van der Waals surface area contributed by atoms with Crippen molar-refractivity contribution in [2.75, 3.05) is 10.6 Å². The zero-order chi connectivity index (χ0) is 19.2. The number of nitrogens with zero attached hydrogens (tertiary/aromatic N) is 2. The maximum atomic E-state index is 12.2. The topological polar surface area (TPSA) is 97.2 Å². The van der Waals surface area contributed by atoms with Gasteiger partial charge in [0.1, 0.15) is 0 Å². The number of nitro groups is 1. The second kappa shape index (κ2) is 8.29. The van der Waals surface area contributed by atoms with Crippen LogP contribution in [0.25, 0.3) is 0 Å². The van der Waals surface area contributed by atoms with Crippen molar-refractivity contribution in [3.63, 3.8) is 0 Å². The predicted octanol–water partition coefficient (Wildman–Crippen LogP) is 4.51. The summed E-state index contributed by atoms with van der Waals surface area (Å²) in [5, 5.41) is 16.9. The van der Waals surface area contributed by atoms with Gasteiger partial charge in [0.2, 0.25) is 0 Å². The van der Waals surface area contributed by atoms with Crippen molar-refractivity contribution in [3.8, 4) is 0 Å². The third-order valence-electron chi connectivity index (χ3n) is 3.80. The standard InChI is InChI=1S/C19H15ClN4O3/c20-17-11-16(24(26)27)5-6-18(17)22-12-13-1-3-14(4-2-13)19(25)23-15-7-9-21-10-8-15/h1-11,22H,12H2,(H,21,23,25). The number of carbonyl (C=O) groups excluding carboxylic acids is 1. The summed E-state index contributed by atoms with van der Waals surface area (Å²) in [7, 11) is 0. The fourth-order valence-corrected chi connectivity index (χ4v) is 2.61. The largest absolute Gasteiger partial charge is 0.380 e. The number of benzene rings is 2. The van der Waals surface area contributed by atoms with Crippen LogP contribution in [0, 0.1) is 10.1 Å². The van der Waals surface area contributed by atoms with Crippen LogP contribution in [0.3, 0.4) is 0 Å². The zero-order valence-electron chi connectivity index (χ0n) is 14.1. The highest BCUT2D eigenvalue weighted by Gasteiger charge is 2.10. The molecule has 0 aliphatic heterocycles. The lowest BCUT2D eigenvalue weighted by Gasteiger charge is -2.09. The van der Waals surface area contributed by atoms with E-state index in [4.69, 9.17) is 11.6 Å². The Morgan fingerprint density at radius 3 is 2.41 bits per heavy atom. The third kappa shape index (κ3) is 4.80. The van der Waals surface area contributed by atoms with Crippen molar-refractivity contribution in [1.29, 1.82) is 0 Å². The van der Waals surface area contributed by atoms with Crippen LogP contribution >= 0.6 is 11.6 Å². The first-order chi connectivity index (χ1) is 13.0. The van der Waals surface area contributed by atoms with Crippen LogP contribution in [0.15, 0.2) is 67.0 Å². The first-order valence-electron chi connectivity index (χ1n) is 8.01. The average Bonchev–Trinajstić information content (AvgIpc) is 2.68. The summed E-state index contributed by atoms with van der Waals surface area (Å²) < 4.78 is 0. The molecule has 7 nitrogen and oxygen atoms in total. The number of nitrogens with one attached hydrogen (secondary N) is 2. The Bertz CT molecular complexity index is 962. The van der Waals surface area contributed by atoms with Gasteiger partial charge in [-0.3, -0.25) is 19.9 Å². The maximum absolute atomic E-state index is 12.2. The first kappa shape index (κ1) is 18.3. The number of anilines is 2. The van der Waals surface area contributed by atoms with Crippen LogP contribution in [0.5, 0.6) is 0 Å². The van der Waals surface area contributed by atoms with Gasteiger partial charge in [0.15, 0.2) is 0 Å². The molecular weight excluding hydrogens is 368 g/mol. The van der Waals surface area contributed by atoms with Crippen molar-refractivity contribution in [2.45, 2.75) is 6.54 Å². The average molecular weight is 383 g/mol. The molecule has 0 spiro atoms. The molecule has 8 heteroatoms. The van der Waals surface area contributed by atoms with Crippen molar-refractivity contribution in [2.24, 2.45) is 0 Å². The Kier molecular flexibility index (Phi) is 5.63. The second-order valence-electron chi connectivity index (χ2n) is 5.66. The Balaban J connectivity index is 1.61. The molecule has 0 saturated heterocycles. The van der Waals surface area contributed by atoms with Gasteiger partial charge in [0.25, 0.3) is 11.6 Å². The van der Waals surface area contributed by atoms with E-state index < -0.39 is 4.92 Å². The van der Waals surface area contributed by atoms with Gasteiger partial charge in [-0.05, 0) is 35.9 Å². The van der Waals surface area contributed by atoms with E-state index in [0.717, 1.165) is 5.56 Å². The number of nitro benzene ring substituents is 1. The van der Waals surface area contributed by atoms with E-state index in [-0.39, 0.29) is 16.6 Å². The van der Waals surface area contributed by atoms with Crippen LogP contribution in [0.4, 0.5) is 17.1 Å². The molecule has 0 atom stereocenters. The van der Waals surface area contributed by atoms with E-state index in [2.05, 4.69) is 15.6 Å². The van der Waals surface area contributed by atoms with Gasteiger partial charge in [0, 0.05) is 42.3 Å². The fraction of sp³-hybridized carbons (Fsp3) is 0.0526. The molecule has 1 aromatic heterocycles. The number of carbonyl (C=O) groups is 1. The molecule has 3 aromatic rings. The van der Waals surface area contributed by atoms with Crippen LogP contribution in [-0.2, 0) is 6.54 Å². The molecule has 0 unspecified atom stereocenters. The molecule has 2 aromatic carbocycles. The summed E-state index contributed by atoms with van der Waals surface area (Å²) in [6.07, 6.45) is 3.21. The quantitative estimate of drug-likeness (QED) is 0.483. The highest BCUT2D eigenvalue weighted by atomic mass is 35.5. The van der Waals surface area contributed by atoms with Crippen molar-refractivity contribution in [3.05, 3.63) is 93.3 Å². The number of hydrogen-bond donors (Lipinski definition) is 2. The number of hydrogen-bond acceptors (Lipinski definition) is 5. The molecule has 0 aliphatic carbocycles. The Hall–Kier alpha value is -3.45. The van der Waals surface area contributed by atoms with E-state index in [9.17, 15) is 14.9 Å². The third-order valence-corrected chi connectivity index (χ3v) is 4.11. The smallest absolute Gasteiger partial charge is 0.271 e. The lowest BCUT2D eigenvalue weighted by molar-refractivity contribution is -0.384. The monoisotopic (exact) mass is 382 g/mol. The van der Waals surface area contributed by atoms with E-state index >= 15 is 0 Å². The highest BCUT2D eigenvalue weighted by Crippen LogP contribution is 2.27. The van der Waals surface area contributed by atoms with Crippen LogP contribution in [0.1, 0.15) is 15.9 Å². The first-order valence-corrected chi connectivity index (χ1v) is 8.39. The minimum absolute atomic E-state index is 0.0601. The lowest BCUT2D eigenvalue weighted by Crippen LogP contribution is -2.12. The van der Waals surface area contributed by atoms with Crippen molar-refractivity contribution < 1.29 is 9.72 Å². The molecule has 0 aliphatic rings. The fourth-order valence-electron chi connectivity index (χ4n) is 2.37. The van der Waals surface area contributed by atoms with Gasteiger partial charge in [-0.2, -0.15) is 0 Å². The summed E-state index contributed by atoms with van der Waals surface area (Å²) in [5.74, 6) is -0.209. The number of aromatic nitrogens is 1. The molecule has 2 N–H and O–H groups in total. The molecule has 0 fully saturated rings. The Labute approximate surface area is 160 Å². The van der Waals surface area contributed by atoms with Crippen LogP contribution in [-0.4, -0.2) is 15.8 Å². The van der Waals surface area contributed by atoms with Gasteiger partial charge in [-0.15, -0.1) is 0 Å². The van der Waals surface area contributed by atoms with E-state index in [0.29, 0.717) is 23.5 Å². The number of rotatable bonds is 6. The number of halogens is 1. The molecule has 0 bridgehead atoms. The Morgan fingerprint density at radius 2 is 1.78 bits per heavy atom. The molecule has 27 heavy (non-hydrogen) atoms. The number of non-ortho nitro benzene ring substituents is 1. The molecule has 0 radical (unpaired) electrons. The van der Waals surface area contributed by atoms with E-state index in [1.165, 1.54) is 12.1 Å². The second-order valence-corrected chi connectivity index (χ2v) is 6.07. The summed E-state index contributed by atoms with van der Waals surface area (Å²) in [6.45, 7) is 0.462. The van der Waals surface area contributed by atoms with E-state index in [1.807, 2.05) is 12.1 Å². The summed E-state index contributed by atoms with van der Waals surface area (Å²) in [5.41, 5.74) is 2.68. The van der Waals surface area contributed by atoms with Crippen LogP contribution < -0.4 is 10.6 Å². The van der Waals surface area contributed by atoms with Gasteiger partial charge in [-0.1, -0.05) is 23.7 Å². The number of pyridine rings is 1. The lowest BCUT2D eigenvalue weighted by atomic mass is 10.1. The maximum Gasteiger partial charge on any atom is 0.271 e. The normalized spacial score (nSPS) is 10.3. The highest BCUT2D eigenvalue weighted by molar-refractivity contribution is 6.33. The Morgan fingerprint density at radius 1 is 1.07 bits per heavy atom. The van der Waals surface area contributed by atoms with Crippen molar-refractivity contribution in [1.82, 2.24) is 4.98 Å². The predicted molar refractivity (Wildman–Crippen MR) is 104 cm³/mol. The van der Waals surface area contributed by atoms with Crippen LogP contribution in [0.2, 0.25) is 5.02 Å². The van der Waals surface area contributed by atoms with Gasteiger partial charge >= 0.3 is 0 Å². The molecule has 3 rings (SSSR count).